The summed E-state index contributed by atoms with van der Waals surface area (Å²) in [6, 6.07) is 8.19. The van der Waals surface area contributed by atoms with Crippen LogP contribution in [-0.2, 0) is 11.2 Å². The molecular formula is C16H20N4O. The maximum absolute atomic E-state index is 12.6. The van der Waals surface area contributed by atoms with E-state index in [1.807, 2.05) is 29.2 Å². The first kappa shape index (κ1) is 13.8. The highest BCUT2D eigenvalue weighted by molar-refractivity contribution is 5.79. The van der Waals surface area contributed by atoms with Crippen LogP contribution < -0.4 is 0 Å². The quantitative estimate of drug-likeness (QED) is 0.941. The molecule has 1 N–H and O–H groups in total. The normalized spacial score (nSPS) is 18.7. The van der Waals surface area contributed by atoms with Crippen LogP contribution in [0, 0.1) is 6.92 Å². The van der Waals surface area contributed by atoms with E-state index in [2.05, 4.69) is 22.1 Å². The number of aryl methyl sites for hydroxylation is 1. The van der Waals surface area contributed by atoms with Crippen LogP contribution in [0.1, 0.15) is 42.3 Å². The molecule has 2 aromatic rings. The number of hydrogen-bond acceptors (Lipinski definition) is 3. The van der Waals surface area contributed by atoms with Crippen molar-refractivity contribution in [2.45, 2.75) is 38.6 Å². The van der Waals surface area contributed by atoms with Gasteiger partial charge < -0.3 is 4.90 Å². The van der Waals surface area contributed by atoms with Gasteiger partial charge in [-0.05, 0) is 31.7 Å². The Hall–Kier alpha value is -2.17. The summed E-state index contributed by atoms with van der Waals surface area (Å²) in [5.74, 6) is 0.965. The molecule has 1 aromatic carbocycles. The number of H-pyrrole nitrogens is 1. The standard InChI is InChI=1S/C16H20N4O/c1-12-5-7-13(8-6-12)10-15(21)20-9-3-2-4-14(20)16-17-11-18-19-16/h5-8,11,14H,2-4,9-10H2,1H3,(H,17,18,19). The molecule has 21 heavy (non-hydrogen) atoms. The van der Waals surface area contributed by atoms with Gasteiger partial charge in [0.25, 0.3) is 0 Å². The van der Waals surface area contributed by atoms with Gasteiger partial charge >= 0.3 is 0 Å². The SMILES string of the molecule is Cc1ccc(CC(=O)N2CCCCC2c2ncn[nH]2)cc1. The zero-order valence-corrected chi connectivity index (χ0v) is 12.2. The second-order valence-corrected chi connectivity index (χ2v) is 5.63. The van der Waals surface area contributed by atoms with Crippen molar-refractivity contribution in [3.8, 4) is 0 Å². The summed E-state index contributed by atoms with van der Waals surface area (Å²) in [4.78, 5) is 18.8. The average Bonchev–Trinajstić information content (AvgIpc) is 3.04. The lowest BCUT2D eigenvalue weighted by Crippen LogP contribution is -2.39. The molecule has 2 heterocycles. The van der Waals surface area contributed by atoms with Crippen LogP contribution in [0.25, 0.3) is 0 Å². The first-order valence-corrected chi connectivity index (χ1v) is 7.44. The van der Waals surface area contributed by atoms with E-state index in [4.69, 9.17) is 0 Å². The predicted molar refractivity (Wildman–Crippen MR) is 79.6 cm³/mol. The molecule has 1 aliphatic heterocycles. The van der Waals surface area contributed by atoms with Crippen molar-refractivity contribution >= 4 is 5.91 Å². The summed E-state index contributed by atoms with van der Waals surface area (Å²) in [5.41, 5.74) is 2.27. The first-order chi connectivity index (χ1) is 10.2. The molecule has 1 amide bonds. The number of likely N-dealkylation sites (tertiary alicyclic amines) is 1. The molecule has 1 aliphatic rings. The highest BCUT2D eigenvalue weighted by atomic mass is 16.2. The first-order valence-electron chi connectivity index (χ1n) is 7.44. The van der Waals surface area contributed by atoms with Crippen molar-refractivity contribution in [2.24, 2.45) is 0 Å². The van der Waals surface area contributed by atoms with Crippen molar-refractivity contribution in [3.63, 3.8) is 0 Å². The van der Waals surface area contributed by atoms with Gasteiger partial charge in [0, 0.05) is 6.54 Å². The van der Waals surface area contributed by atoms with Crippen LogP contribution >= 0.6 is 0 Å². The summed E-state index contributed by atoms with van der Waals surface area (Å²) in [6.07, 6.45) is 5.09. The fraction of sp³-hybridized carbons (Fsp3) is 0.438. The third-order valence-electron chi connectivity index (χ3n) is 4.05. The van der Waals surface area contributed by atoms with Crippen LogP contribution in [0.4, 0.5) is 0 Å². The van der Waals surface area contributed by atoms with Gasteiger partial charge in [0.05, 0.1) is 12.5 Å². The second kappa shape index (κ2) is 6.08. The number of carbonyl (C=O) groups is 1. The number of carbonyl (C=O) groups excluding carboxylic acids is 1. The monoisotopic (exact) mass is 284 g/mol. The van der Waals surface area contributed by atoms with Gasteiger partial charge in [-0.15, -0.1) is 0 Å². The Morgan fingerprint density at radius 2 is 2.14 bits per heavy atom. The minimum Gasteiger partial charge on any atom is -0.332 e. The molecule has 1 saturated heterocycles. The number of aromatic amines is 1. The Bertz CT molecular complexity index is 591. The number of benzene rings is 1. The van der Waals surface area contributed by atoms with Crippen molar-refractivity contribution < 1.29 is 4.79 Å². The van der Waals surface area contributed by atoms with Crippen molar-refractivity contribution in [3.05, 3.63) is 47.5 Å². The van der Waals surface area contributed by atoms with E-state index in [-0.39, 0.29) is 11.9 Å². The van der Waals surface area contributed by atoms with E-state index in [9.17, 15) is 4.79 Å². The molecule has 0 aliphatic carbocycles. The van der Waals surface area contributed by atoms with Gasteiger partial charge in [-0.1, -0.05) is 29.8 Å². The molecule has 0 radical (unpaired) electrons. The van der Waals surface area contributed by atoms with Crippen molar-refractivity contribution in [1.82, 2.24) is 20.1 Å². The van der Waals surface area contributed by atoms with E-state index in [1.165, 1.54) is 11.9 Å². The summed E-state index contributed by atoms with van der Waals surface area (Å²) < 4.78 is 0. The zero-order chi connectivity index (χ0) is 14.7. The highest BCUT2D eigenvalue weighted by Gasteiger charge is 2.29. The predicted octanol–water partition coefficient (Wildman–Crippen LogP) is 2.41. The highest BCUT2D eigenvalue weighted by Crippen LogP contribution is 2.29. The number of amides is 1. The molecule has 3 rings (SSSR count). The molecule has 1 fully saturated rings. The minimum absolute atomic E-state index is 0.0409. The third kappa shape index (κ3) is 3.12. The molecule has 0 bridgehead atoms. The summed E-state index contributed by atoms with van der Waals surface area (Å²) in [5, 5.41) is 6.82. The van der Waals surface area contributed by atoms with E-state index in [0.717, 1.165) is 37.2 Å². The third-order valence-corrected chi connectivity index (χ3v) is 4.05. The van der Waals surface area contributed by atoms with E-state index < -0.39 is 0 Å². The fourth-order valence-corrected chi connectivity index (χ4v) is 2.87. The number of piperidine rings is 1. The molecular weight excluding hydrogens is 264 g/mol. The topological polar surface area (TPSA) is 61.9 Å². The molecule has 0 saturated carbocycles. The molecule has 1 unspecified atom stereocenters. The van der Waals surface area contributed by atoms with Gasteiger partial charge in [-0.2, -0.15) is 5.10 Å². The fourth-order valence-electron chi connectivity index (χ4n) is 2.87. The van der Waals surface area contributed by atoms with Crippen LogP contribution in [0.3, 0.4) is 0 Å². The molecule has 110 valence electrons. The molecule has 5 heteroatoms. The lowest BCUT2D eigenvalue weighted by molar-refractivity contribution is -0.134. The smallest absolute Gasteiger partial charge is 0.227 e. The Morgan fingerprint density at radius 1 is 1.33 bits per heavy atom. The Balaban J connectivity index is 1.73. The maximum Gasteiger partial charge on any atom is 0.227 e. The number of rotatable bonds is 3. The summed E-state index contributed by atoms with van der Waals surface area (Å²) in [6.45, 7) is 2.85. The van der Waals surface area contributed by atoms with Crippen molar-refractivity contribution in [2.75, 3.05) is 6.54 Å². The van der Waals surface area contributed by atoms with Crippen LogP contribution in [-0.4, -0.2) is 32.5 Å². The van der Waals surface area contributed by atoms with Gasteiger partial charge in [-0.3, -0.25) is 9.89 Å². The van der Waals surface area contributed by atoms with Gasteiger partial charge in [-0.25, -0.2) is 4.98 Å². The summed E-state index contributed by atoms with van der Waals surface area (Å²) >= 11 is 0. The molecule has 5 nitrogen and oxygen atoms in total. The molecule has 0 spiro atoms. The molecule has 1 aromatic heterocycles. The van der Waals surface area contributed by atoms with Gasteiger partial charge in [0.1, 0.15) is 12.2 Å². The average molecular weight is 284 g/mol. The van der Waals surface area contributed by atoms with Crippen LogP contribution in [0.15, 0.2) is 30.6 Å². The lowest BCUT2D eigenvalue weighted by Gasteiger charge is -2.34. The van der Waals surface area contributed by atoms with Gasteiger partial charge in [0.15, 0.2) is 0 Å². The lowest BCUT2D eigenvalue weighted by atomic mass is 10.00. The Morgan fingerprint density at radius 3 is 2.86 bits per heavy atom. The number of nitrogens with zero attached hydrogens (tertiary/aromatic N) is 3. The number of aromatic nitrogens is 3. The Labute approximate surface area is 124 Å². The zero-order valence-electron chi connectivity index (χ0n) is 12.2. The largest absolute Gasteiger partial charge is 0.332 e. The van der Waals surface area contributed by atoms with E-state index >= 15 is 0 Å². The second-order valence-electron chi connectivity index (χ2n) is 5.63. The molecule has 1 atom stereocenters. The number of nitrogens with one attached hydrogen (secondary N) is 1. The minimum atomic E-state index is 0.0409. The van der Waals surface area contributed by atoms with Gasteiger partial charge in [0.2, 0.25) is 5.91 Å². The summed E-state index contributed by atoms with van der Waals surface area (Å²) in [7, 11) is 0. The van der Waals surface area contributed by atoms with Crippen LogP contribution in [0.2, 0.25) is 0 Å². The Kier molecular flexibility index (Phi) is 3.99. The van der Waals surface area contributed by atoms with E-state index in [0.29, 0.717) is 6.42 Å². The maximum atomic E-state index is 12.6. The number of hydrogen-bond donors (Lipinski definition) is 1. The van der Waals surface area contributed by atoms with Crippen LogP contribution in [0.5, 0.6) is 0 Å². The van der Waals surface area contributed by atoms with E-state index in [1.54, 1.807) is 0 Å². The van der Waals surface area contributed by atoms with Crippen molar-refractivity contribution in [1.29, 1.82) is 0 Å².